The van der Waals surface area contributed by atoms with Gasteiger partial charge in [-0.25, -0.2) is 0 Å². The Morgan fingerprint density at radius 2 is 1.29 bits per heavy atom. The van der Waals surface area contributed by atoms with Crippen molar-refractivity contribution >= 4 is 0 Å². The average molecular weight is 238 g/mol. The monoisotopic (exact) mass is 238 g/mol. The van der Waals surface area contributed by atoms with E-state index in [0.717, 1.165) is 19.6 Å². The second-order valence-electron chi connectivity index (χ2n) is 4.75. The van der Waals surface area contributed by atoms with Gasteiger partial charge in [0.15, 0.2) is 0 Å². The largest absolute Gasteiger partial charge is 0.381 e. The molecule has 0 aliphatic carbocycles. The predicted molar refractivity (Wildman–Crippen MR) is 76.1 cm³/mol. The van der Waals surface area contributed by atoms with Crippen molar-refractivity contribution in [1.82, 2.24) is 0 Å². The topological polar surface area (TPSA) is 9.23 Å². The summed E-state index contributed by atoms with van der Waals surface area (Å²) in [5.74, 6) is 2.69. The minimum Gasteiger partial charge on any atom is -0.381 e. The van der Waals surface area contributed by atoms with Crippen LogP contribution in [-0.2, 0) is 4.74 Å². The lowest BCUT2D eigenvalue weighted by molar-refractivity contribution is 0.125. The molecule has 0 aromatic carbocycles. The fraction of sp³-hybridized carbons (Fsp3) is 0.875. The molecule has 0 heterocycles. The summed E-state index contributed by atoms with van der Waals surface area (Å²) < 4.78 is 5.60. The van der Waals surface area contributed by atoms with E-state index in [0.29, 0.717) is 0 Å². The van der Waals surface area contributed by atoms with Gasteiger partial charge in [-0.2, -0.15) is 0 Å². The molecule has 0 aromatic heterocycles. The van der Waals surface area contributed by atoms with Gasteiger partial charge in [0, 0.05) is 19.6 Å². The van der Waals surface area contributed by atoms with E-state index in [4.69, 9.17) is 11.2 Å². The molecular weight excluding hydrogens is 208 g/mol. The summed E-state index contributed by atoms with van der Waals surface area (Å²) in [6.07, 6.45) is 19.1. The number of terminal acetylenes is 1. The van der Waals surface area contributed by atoms with E-state index in [1.54, 1.807) is 0 Å². The first kappa shape index (κ1) is 16.5. The molecule has 0 N–H and O–H groups in total. The van der Waals surface area contributed by atoms with Crippen molar-refractivity contribution in [2.45, 2.75) is 77.6 Å². The number of rotatable bonds is 13. The van der Waals surface area contributed by atoms with Crippen molar-refractivity contribution in [1.29, 1.82) is 0 Å². The van der Waals surface area contributed by atoms with Crippen LogP contribution in [0.25, 0.3) is 0 Å². The SMILES string of the molecule is C#CCCCCCCCCOCCCCCC. The third-order valence-corrected chi connectivity index (χ3v) is 3.00. The van der Waals surface area contributed by atoms with Gasteiger partial charge in [0.1, 0.15) is 0 Å². The van der Waals surface area contributed by atoms with Crippen LogP contribution in [0, 0.1) is 12.3 Å². The van der Waals surface area contributed by atoms with Gasteiger partial charge in [-0.15, -0.1) is 12.3 Å². The van der Waals surface area contributed by atoms with Crippen molar-refractivity contribution in [3.63, 3.8) is 0 Å². The molecule has 0 spiro atoms. The molecule has 0 saturated carbocycles. The van der Waals surface area contributed by atoms with Crippen LogP contribution in [0.4, 0.5) is 0 Å². The first-order valence-electron chi connectivity index (χ1n) is 7.43. The zero-order chi connectivity index (χ0) is 12.6. The molecule has 0 bridgehead atoms. The Labute approximate surface area is 108 Å². The number of unbranched alkanes of at least 4 members (excludes halogenated alkanes) is 9. The van der Waals surface area contributed by atoms with Gasteiger partial charge in [-0.1, -0.05) is 51.9 Å². The third-order valence-electron chi connectivity index (χ3n) is 3.00. The molecule has 0 aliphatic heterocycles. The zero-order valence-electron chi connectivity index (χ0n) is 11.7. The van der Waals surface area contributed by atoms with Gasteiger partial charge in [-0.05, 0) is 19.3 Å². The summed E-state index contributed by atoms with van der Waals surface area (Å²) in [5.41, 5.74) is 0. The van der Waals surface area contributed by atoms with E-state index < -0.39 is 0 Å². The maximum absolute atomic E-state index is 5.60. The van der Waals surface area contributed by atoms with Crippen LogP contribution in [0.2, 0.25) is 0 Å². The molecule has 0 saturated heterocycles. The molecule has 0 rings (SSSR count). The maximum atomic E-state index is 5.60. The minimum absolute atomic E-state index is 0.945. The number of hydrogen-bond donors (Lipinski definition) is 0. The van der Waals surface area contributed by atoms with E-state index in [2.05, 4.69) is 12.8 Å². The minimum atomic E-state index is 0.945. The molecule has 0 radical (unpaired) electrons. The van der Waals surface area contributed by atoms with Gasteiger partial charge < -0.3 is 4.74 Å². The van der Waals surface area contributed by atoms with Crippen LogP contribution >= 0.6 is 0 Å². The van der Waals surface area contributed by atoms with Crippen LogP contribution in [0.15, 0.2) is 0 Å². The Balaban J connectivity index is 2.87. The molecule has 0 aliphatic rings. The van der Waals surface area contributed by atoms with Gasteiger partial charge in [-0.3, -0.25) is 0 Å². The Bertz CT molecular complexity index is 169. The van der Waals surface area contributed by atoms with E-state index in [-0.39, 0.29) is 0 Å². The lowest BCUT2D eigenvalue weighted by Crippen LogP contribution is -1.97. The molecule has 0 atom stereocenters. The Hall–Kier alpha value is -0.480. The number of hydrogen-bond acceptors (Lipinski definition) is 1. The van der Waals surface area contributed by atoms with E-state index >= 15 is 0 Å². The summed E-state index contributed by atoms with van der Waals surface area (Å²) in [5, 5.41) is 0. The standard InChI is InChI=1S/C16H30O/c1-3-5-7-9-10-11-12-14-16-17-15-13-8-6-4-2/h1H,4-16H2,2H3. The highest BCUT2D eigenvalue weighted by atomic mass is 16.5. The second-order valence-corrected chi connectivity index (χ2v) is 4.75. The van der Waals surface area contributed by atoms with Crippen LogP contribution in [0.3, 0.4) is 0 Å². The molecule has 100 valence electrons. The van der Waals surface area contributed by atoms with Gasteiger partial charge in [0.25, 0.3) is 0 Å². The molecule has 1 heteroatoms. The third kappa shape index (κ3) is 15.5. The van der Waals surface area contributed by atoms with E-state index in [1.807, 2.05) is 0 Å². The molecule has 0 aromatic rings. The van der Waals surface area contributed by atoms with Crippen molar-refractivity contribution in [2.24, 2.45) is 0 Å². The van der Waals surface area contributed by atoms with Crippen molar-refractivity contribution in [3.05, 3.63) is 0 Å². The van der Waals surface area contributed by atoms with Crippen LogP contribution in [-0.4, -0.2) is 13.2 Å². The highest BCUT2D eigenvalue weighted by molar-refractivity contribution is 4.82. The predicted octanol–water partition coefficient (Wildman–Crippen LogP) is 4.95. The van der Waals surface area contributed by atoms with Crippen LogP contribution in [0.5, 0.6) is 0 Å². The fourth-order valence-electron chi connectivity index (χ4n) is 1.87. The highest BCUT2D eigenvalue weighted by Gasteiger charge is 1.92. The quantitative estimate of drug-likeness (QED) is 0.326. The van der Waals surface area contributed by atoms with Gasteiger partial charge >= 0.3 is 0 Å². The Kier molecular flexibility index (Phi) is 15.1. The Morgan fingerprint density at radius 3 is 1.88 bits per heavy atom. The van der Waals surface area contributed by atoms with Crippen molar-refractivity contribution < 1.29 is 4.74 Å². The summed E-state index contributed by atoms with van der Waals surface area (Å²) in [4.78, 5) is 0. The lowest BCUT2D eigenvalue weighted by Gasteiger charge is -2.04. The average Bonchev–Trinajstić information content (AvgIpc) is 2.35. The normalized spacial score (nSPS) is 10.4. The van der Waals surface area contributed by atoms with Crippen molar-refractivity contribution in [3.8, 4) is 12.3 Å². The zero-order valence-corrected chi connectivity index (χ0v) is 11.7. The molecule has 1 nitrogen and oxygen atoms in total. The van der Waals surface area contributed by atoms with Crippen molar-refractivity contribution in [2.75, 3.05) is 13.2 Å². The number of ether oxygens (including phenoxy) is 1. The molecule has 0 fully saturated rings. The maximum Gasteiger partial charge on any atom is 0.0466 e. The second kappa shape index (κ2) is 15.5. The summed E-state index contributed by atoms with van der Waals surface area (Å²) in [6, 6.07) is 0. The van der Waals surface area contributed by atoms with Gasteiger partial charge in [0.05, 0.1) is 0 Å². The lowest BCUT2D eigenvalue weighted by atomic mass is 10.1. The highest BCUT2D eigenvalue weighted by Crippen LogP contribution is 2.07. The molecule has 17 heavy (non-hydrogen) atoms. The summed E-state index contributed by atoms with van der Waals surface area (Å²) >= 11 is 0. The van der Waals surface area contributed by atoms with Crippen LogP contribution < -0.4 is 0 Å². The smallest absolute Gasteiger partial charge is 0.0466 e. The molecular formula is C16H30O. The Morgan fingerprint density at radius 1 is 0.765 bits per heavy atom. The van der Waals surface area contributed by atoms with E-state index in [1.165, 1.54) is 64.2 Å². The van der Waals surface area contributed by atoms with Gasteiger partial charge in [0.2, 0.25) is 0 Å². The summed E-state index contributed by atoms with van der Waals surface area (Å²) in [6.45, 7) is 4.16. The molecule has 0 unspecified atom stereocenters. The summed E-state index contributed by atoms with van der Waals surface area (Å²) in [7, 11) is 0. The fourth-order valence-corrected chi connectivity index (χ4v) is 1.87. The first-order valence-corrected chi connectivity index (χ1v) is 7.43. The van der Waals surface area contributed by atoms with Crippen LogP contribution in [0.1, 0.15) is 77.6 Å². The first-order chi connectivity index (χ1) is 8.41. The van der Waals surface area contributed by atoms with E-state index in [9.17, 15) is 0 Å². The molecule has 0 amide bonds.